The largest absolute Gasteiger partial charge is 0.272 e. The Balaban J connectivity index is 2.39. The number of thiol groups is 1. The van der Waals surface area contributed by atoms with Gasteiger partial charge in [0.2, 0.25) is 0 Å². The van der Waals surface area contributed by atoms with Crippen LogP contribution in [0.2, 0.25) is 10.0 Å². The van der Waals surface area contributed by atoms with Gasteiger partial charge in [0.15, 0.2) is 0 Å². The molecule has 1 aliphatic rings. The van der Waals surface area contributed by atoms with Gasteiger partial charge < -0.3 is 0 Å². The van der Waals surface area contributed by atoms with E-state index in [1.54, 1.807) is 12.1 Å². The molecule has 1 atom stereocenters. The second-order valence-corrected chi connectivity index (χ2v) is 5.26. The number of hydrogen-bond acceptors (Lipinski definition) is 3. The van der Waals surface area contributed by atoms with Crippen molar-refractivity contribution in [2.45, 2.75) is 18.6 Å². The third kappa shape index (κ3) is 2.59. The van der Waals surface area contributed by atoms with Crippen molar-refractivity contribution in [3.05, 3.63) is 33.3 Å². The Morgan fingerprint density at radius 3 is 2.53 bits per heavy atom. The number of nitrogens with one attached hydrogen (secondary N) is 1. The van der Waals surface area contributed by atoms with Gasteiger partial charge in [0.1, 0.15) is 0 Å². The maximum absolute atomic E-state index is 11.2. The van der Waals surface area contributed by atoms with E-state index in [9.17, 15) is 4.79 Å². The number of carbonyl (C=O) groups is 1. The standard InChI is InChI=1S/C11H10Cl2N2OS/c1-5-7(12)2-6(3-8(5)13)9-4-10(17)11(16)15-14-9/h2-3,10,17H,4H2,1H3,(H,15,16). The van der Waals surface area contributed by atoms with Crippen LogP contribution in [0.15, 0.2) is 17.2 Å². The maximum atomic E-state index is 11.2. The molecule has 1 amide bonds. The van der Waals surface area contributed by atoms with E-state index < -0.39 is 0 Å². The second kappa shape index (κ2) is 4.88. The lowest BCUT2D eigenvalue weighted by Gasteiger charge is -2.18. The van der Waals surface area contributed by atoms with Gasteiger partial charge in [-0.25, -0.2) is 5.43 Å². The normalized spacial score (nSPS) is 19.9. The molecule has 0 saturated heterocycles. The van der Waals surface area contributed by atoms with Crippen molar-refractivity contribution in [3.8, 4) is 0 Å². The van der Waals surface area contributed by atoms with E-state index in [2.05, 4.69) is 23.2 Å². The highest BCUT2D eigenvalue weighted by atomic mass is 35.5. The zero-order chi connectivity index (χ0) is 12.6. The number of nitrogens with zero attached hydrogens (tertiary/aromatic N) is 1. The van der Waals surface area contributed by atoms with Gasteiger partial charge in [0.25, 0.3) is 5.91 Å². The molecule has 0 radical (unpaired) electrons. The molecule has 0 spiro atoms. The van der Waals surface area contributed by atoms with Crippen LogP contribution in [0, 0.1) is 6.92 Å². The molecule has 0 aromatic heterocycles. The SMILES string of the molecule is Cc1c(Cl)cc(C2=NNC(=O)C(S)C2)cc1Cl. The summed E-state index contributed by atoms with van der Waals surface area (Å²) in [6.45, 7) is 1.85. The first-order chi connectivity index (χ1) is 7.99. The van der Waals surface area contributed by atoms with Crippen molar-refractivity contribution in [3.63, 3.8) is 0 Å². The summed E-state index contributed by atoms with van der Waals surface area (Å²) in [4.78, 5) is 11.2. The Kier molecular flexibility index (Phi) is 3.66. The molecule has 2 rings (SSSR count). The van der Waals surface area contributed by atoms with E-state index in [0.717, 1.165) is 16.8 Å². The average Bonchev–Trinajstić information content (AvgIpc) is 2.29. The van der Waals surface area contributed by atoms with Crippen molar-refractivity contribution >= 4 is 47.4 Å². The van der Waals surface area contributed by atoms with Crippen LogP contribution in [-0.2, 0) is 4.79 Å². The molecule has 0 aliphatic carbocycles. The molecule has 1 N–H and O–H groups in total. The lowest BCUT2D eigenvalue weighted by Crippen LogP contribution is -2.35. The molecule has 1 aliphatic heterocycles. The lowest BCUT2D eigenvalue weighted by molar-refractivity contribution is -0.120. The number of carbonyl (C=O) groups excluding carboxylic acids is 1. The molecular weight excluding hydrogens is 279 g/mol. The van der Waals surface area contributed by atoms with E-state index in [0.29, 0.717) is 16.5 Å². The van der Waals surface area contributed by atoms with Gasteiger partial charge in [-0.3, -0.25) is 4.79 Å². The summed E-state index contributed by atoms with van der Waals surface area (Å²) < 4.78 is 0. The van der Waals surface area contributed by atoms with Crippen LogP contribution in [0.4, 0.5) is 0 Å². The van der Waals surface area contributed by atoms with Crippen molar-refractivity contribution in [2.75, 3.05) is 0 Å². The number of rotatable bonds is 1. The quantitative estimate of drug-likeness (QED) is 0.767. The number of hydrogen-bond donors (Lipinski definition) is 2. The summed E-state index contributed by atoms with van der Waals surface area (Å²) in [5.74, 6) is -0.193. The summed E-state index contributed by atoms with van der Waals surface area (Å²) >= 11 is 16.3. The van der Waals surface area contributed by atoms with Crippen molar-refractivity contribution in [2.24, 2.45) is 5.10 Å². The smallest absolute Gasteiger partial charge is 0.253 e. The zero-order valence-electron chi connectivity index (χ0n) is 9.00. The highest BCUT2D eigenvalue weighted by Gasteiger charge is 2.22. The lowest BCUT2D eigenvalue weighted by atomic mass is 10.0. The molecule has 1 aromatic carbocycles. The third-order valence-corrected chi connectivity index (χ3v) is 3.81. The van der Waals surface area contributed by atoms with Crippen LogP contribution in [-0.4, -0.2) is 16.9 Å². The predicted molar refractivity (Wildman–Crippen MR) is 73.3 cm³/mol. The van der Waals surface area contributed by atoms with E-state index in [1.807, 2.05) is 6.92 Å². The number of benzene rings is 1. The topological polar surface area (TPSA) is 41.5 Å². The van der Waals surface area contributed by atoms with Crippen LogP contribution in [0.3, 0.4) is 0 Å². The number of halogens is 2. The monoisotopic (exact) mass is 288 g/mol. The van der Waals surface area contributed by atoms with Gasteiger partial charge in [-0.15, -0.1) is 0 Å². The zero-order valence-corrected chi connectivity index (χ0v) is 11.4. The summed E-state index contributed by atoms with van der Waals surface area (Å²) in [6.07, 6.45) is 0.463. The van der Waals surface area contributed by atoms with E-state index >= 15 is 0 Å². The highest BCUT2D eigenvalue weighted by Crippen LogP contribution is 2.27. The van der Waals surface area contributed by atoms with Crippen molar-refractivity contribution in [1.82, 2.24) is 5.43 Å². The molecule has 1 heterocycles. The van der Waals surface area contributed by atoms with Crippen LogP contribution < -0.4 is 5.43 Å². The summed E-state index contributed by atoms with van der Waals surface area (Å²) in [5, 5.41) is 4.78. The summed E-state index contributed by atoms with van der Waals surface area (Å²) in [5.41, 5.74) is 4.79. The van der Waals surface area contributed by atoms with E-state index in [-0.39, 0.29) is 11.2 Å². The number of hydrazone groups is 1. The van der Waals surface area contributed by atoms with Gasteiger partial charge in [-0.1, -0.05) is 23.2 Å². The molecule has 1 aromatic rings. The Hall–Kier alpha value is -0.710. The van der Waals surface area contributed by atoms with Crippen LogP contribution in [0.1, 0.15) is 17.5 Å². The van der Waals surface area contributed by atoms with Crippen molar-refractivity contribution in [1.29, 1.82) is 0 Å². The molecule has 1 unspecified atom stereocenters. The van der Waals surface area contributed by atoms with Gasteiger partial charge in [-0.2, -0.15) is 17.7 Å². The minimum absolute atomic E-state index is 0.193. The first kappa shape index (κ1) is 12.7. The minimum atomic E-state index is -0.388. The van der Waals surface area contributed by atoms with Crippen LogP contribution >= 0.6 is 35.8 Å². The summed E-state index contributed by atoms with van der Waals surface area (Å²) in [6, 6.07) is 3.58. The van der Waals surface area contributed by atoms with Crippen LogP contribution in [0.5, 0.6) is 0 Å². The van der Waals surface area contributed by atoms with Gasteiger partial charge in [0.05, 0.1) is 11.0 Å². The number of amides is 1. The fraction of sp³-hybridized carbons (Fsp3) is 0.273. The van der Waals surface area contributed by atoms with E-state index in [1.165, 1.54) is 0 Å². The molecule has 17 heavy (non-hydrogen) atoms. The third-order valence-electron chi connectivity index (χ3n) is 2.60. The highest BCUT2D eigenvalue weighted by molar-refractivity contribution is 7.81. The maximum Gasteiger partial charge on any atom is 0.253 e. The average molecular weight is 289 g/mol. The second-order valence-electron chi connectivity index (χ2n) is 3.82. The van der Waals surface area contributed by atoms with Gasteiger partial charge in [-0.05, 0) is 24.6 Å². The van der Waals surface area contributed by atoms with Gasteiger partial charge >= 0.3 is 0 Å². The Bertz CT molecular complexity index is 493. The summed E-state index contributed by atoms with van der Waals surface area (Å²) in [7, 11) is 0. The van der Waals surface area contributed by atoms with Gasteiger partial charge in [0, 0.05) is 22.0 Å². The minimum Gasteiger partial charge on any atom is -0.272 e. The Morgan fingerprint density at radius 1 is 1.41 bits per heavy atom. The Morgan fingerprint density at radius 2 is 2.00 bits per heavy atom. The Labute approximate surface area is 115 Å². The molecule has 6 heteroatoms. The van der Waals surface area contributed by atoms with Crippen molar-refractivity contribution < 1.29 is 4.79 Å². The molecule has 0 saturated carbocycles. The molecule has 90 valence electrons. The van der Waals surface area contributed by atoms with Crippen LogP contribution in [0.25, 0.3) is 0 Å². The fourth-order valence-electron chi connectivity index (χ4n) is 1.51. The molecule has 0 bridgehead atoms. The fourth-order valence-corrected chi connectivity index (χ4v) is 2.23. The molecule has 3 nitrogen and oxygen atoms in total. The van der Waals surface area contributed by atoms with E-state index in [4.69, 9.17) is 23.2 Å². The molecule has 0 fully saturated rings. The molecular formula is C11H10Cl2N2OS. The first-order valence-corrected chi connectivity index (χ1v) is 6.27. The first-order valence-electron chi connectivity index (χ1n) is 4.99. The predicted octanol–water partition coefficient (Wildman–Crippen LogP) is 2.82.